The fourth-order valence-corrected chi connectivity index (χ4v) is 3.16. The van der Waals surface area contributed by atoms with Gasteiger partial charge in [0, 0.05) is 18.0 Å². The Labute approximate surface area is 149 Å². The molecule has 2 rings (SSSR count). The lowest BCUT2D eigenvalue weighted by atomic mass is 9.83. The van der Waals surface area contributed by atoms with E-state index in [1.807, 2.05) is 18.2 Å². The van der Waals surface area contributed by atoms with Crippen LogP contribution in [0.15, 0.2) is 18.2 Å². The summed E-state index contributed by atoms with van der Waals surface area (Å²) in [6.07, 6.45) is 5.33. The second kappa shape index (κ2) is 10.2. The van der Waals surface area contributed by atoms with Crippen molar-refractivity contribution in [3.63, 3.8) is 0 Å². The molecule has 0 fully saturated rings. The number of nitrogens with one attached hydrogen (secondary N) is 3. The minimum absolute atomic E-state index is 0.0786. The summed E-state index contributed by atoms with van der Waals surface area (Å²) in [7, 11) is 0. The number of carbonyl (C=O) groups is 2. The predicted octanol–water partition coefficient (Wildman–Crippen LogP) is 1.81. The Morgan fingerprint density at radius 3 is 2.72 bits per heavy atom. The molecular weight excluding hydrogens is 318 g/mol. The van der Waals surface area contributed by atoms with Crippen LogP contribution in [0.2, 0.25) is 0 Å². The normalized spacial score (nSPS) is 16.2. The van der Waals surface area contributed by atoms with E-state index in [0.29, 0.717) is 18.5 Å². The van der Waals surface area contributed by atoms with Gasteiger partial charge in [-0.2, -0.15) is 0 Å². The second-order valence-electron chi connectivity index (χ2n) is 6.61. The Hall–Kier alpha value is -1.92. The minimum atomic E-state index is -0.351. The Balaban J connectivity index is 1.82. The third-order valence-corrected chi connectivity index (χ3v) is 4.70. The molecule has 0 saturated carbocycles. The van der Waals surface area contributed by atoms with Crippen molar-refractivity contribution in [2.75, 3.05) is 19.6 Å². The number of hydroxylamine groups is 1. The summed E-state index contributed by atoms with van der Waals surface area (Å²) in [5.74, 6) is -0.661. The van der Waals surface area contributed by atoms with E-state index in [0.717, 1.165) is 37.9 Å². The Morgan fingerprint density at radius 2 is 1.96 bits per heavy atom. The molecule has 138 valence electrons. The van der Waals surface area contributed by atoms with Crippen LogP contribution in [0.4, 0.5) is 0 Å². The maximum atomic E-state index is 12.3. The summed E-state index contributed by atoms with van der Waals surface area (Å²) < 4.78 is 0. The average molecular weight is 347 g/mol. The first-order chi connectivity index (χ1) is 12.2. The zero-order valence-corrected chi connectivity index (χ0v) is 14.9. The molecule has 0 aliphatic heterocycles. The summed E-state index contributed by atoms with van der Waals surface area (Å²) in [4.78, 5) is 23.9. The van der Waals surface area contributed by atoms with E-state index in [1.165, 1.54) is 18.4 Å². The summed E-state index contributed by atoms with van der Waals surface area (Å²) in [6, 6.07) is 5.70. The van der Waals surface area contributed by atoms with Gasteiger partial charge in [-0.3, -0.25) is 14.8 Å². The molecule has 0 saturated heterocycles. The number of amides is 2. The van der Waals surface area contributed by atoms with Crippen LogP contribution >= 0.6 is 0 Å². The van der Waals surface area contributed by atoms with E-state index in [2.05, 4.69) is 17.6 Å². The summed E-state index contributed by atoms with van der Waals surface area (Å²) in [5, 5.41) is 15.1. The number of fused-ring (bicyclic) bond motifs is 1. The fourth-order valence-electron chi connectivity index (χ4n) is 3.16. The van der Waals surface area contributed by atoms with Crippen molar-refractivity contribution in [1.29, 1.82) is 0 Å². The van der Waals surface area contributed by atoms with Gasteiger partial charge in [-0.25, -0.2) is 5.48 Å². The molecule has 1 atom stereocenters. The van der Waals surface area contributed by atoms with Gasteiger partial charge in [0.2, 0.25) is 5.91 Å². The molecule has 1 aliphatic carbocycles. The summed E-state index contributed by atoms with van der Waals surface area (Å²) in [6.45, 7) is 4.74. The molecule has 0 heterocycles. The SMILES string of the molecule is CCCCNCCCNC(=O)c1ccc2c(c1)CC(C(=O)NO)CC2. The van der Waals surface area contributed by atoms with Gasteiger partial charge in [0.15, 0.2) is 0 Å². The number of hydrogen-bond donors (Lipinski definition) is 4. The number of benzene rings is 1. The molecule has 0 aromatic heterocycles. The first-order valence-corrected chi connectivity index (χ1v) is 9.20. The van der Waals surface area contributed by atoms with Gasteiger partial charge in [0.1, 0.15) is 0 Å². The van der Waals surface area contributed by atoms with Crippen LogP contribution in [-0.4, -0.2) is 36.7 Å². The summed E-state index contributed by atoms with van der Waals surface area (Å²) >= 11 is 0. The molecule has 2 amide bonds. The van der Waals surface area contributed by atoms with Crippen molar-refractivity contribution < 1.29 is 14.8 Å². The topological polar surface area (TPSA) is 90.5 Å². The second-order valence-corrected chi connectivity index (χ2v) is 6.61. The number of aryl methyl sites for hydroxylation is 1. The third kappa shape index (κ3) is 5.83. The molecule has 25 heavy (non-hydrogen) atoms. The van der Waals surface area contributed by atoms with E-state index in [-0.39, 0.29) is 17.7 Å². The third-order valence-electron chi connectivity index (χ3n) is 4.70. The average Bonchev–Trinajstić information content (AvgIpc) is 2.65. The van der Waals surface area contributed by atoms with Gasteiger partial charge in [0.05, 0.1) is 0 Å². The number of carbonyl (C=O) groups excluding carboxylic acids is 2. The molecule has 0 spiro atoms. The molecule has 0 bridgehead atoms. The zero-order valence-electron chi connectivity index (χ0n) is 14.9. The summed E-state index contributed by atoms with van der Waals surface area (Å²) in [5.41, 5.74) is 4.56. The Kier molecular flexibility index (Phi) is 7.88. The first kappa shape index (κ1) is 19.4. The number of rotatable bonds is 9. The van der Waals surface area contributed by atoms with Gasteiger partial charge >= 0.3 is 0 Å². The van der Waals surface area contributed by atoms with Crippen molar-refractivity contribution in [3.8, 4) is 0 Å². The standard InChI is InChI=1S/C19H29N3O3/c1-2-3-9-20-10-4-11-21-18(23)15-7-5-14-6-8-16(19(24)22-25)13-17(14)12-15/h5,7,12,16,20,25H,2-4,6,8-11,13H2,1H3,(H,21,23)(H,22,24). The van der Waals surface area contributed by atoms with Crippen LogP contribution in [0, 0.1) is 5.92 Å². The molecular formula is C19H29N3O3. The van der Waals surface area contributed by atoms with Gasteiger partial charge < -0.3 is 10.6 Å². The highest BCUT2D eigenvalue weighted by molar-refractivity contribution is 5.94. The number of hydrogen-bond acceptors (Lipinski definition) is 4. The van der Waals surface area contributed by atoms with Crippen molar-refractivity contribution in [1.82, 2.24) is 16.1 Å². The maximum Gasteiger partial charge on any atom is 0.251 e. The van der Waals surface area contributed by atoms with Crippen LogP contribution in [0.5, 0.6) is 0 Å². The lowest BCUT2D eigenvalue weighted by Gasteiger charge is -2.23. The van der Waals surface area contributed by atoms with Crippen LogP contribution < -0.4 is 16.1 Å². The monoisotopic (exact) mass is 347 g/mol. The van der Waals surface area contributed by atoms with E-state index in [9.17, 15) is 9.59 Å². The lowest BCUT2D eigenvalue weighted by molar-refractivity contribution is -0.133. The van der Waals surface area contributed by atoms with E-state index in [1.54, 1.807) is 5.48 Å². The van der Waals surface area contributed by atoms with Crippen molar-refractivity contribution in [2.45, 2.75) is 45.4 Å². The van der Waals surface area contributed by atoms with E-state index in [4.69, 9.17) is 5.21 Å². The van der Waals surface area contributed by atoms with Gasteiger partial charge in [-0.15, -0.1) is 0 Å². The Morgan fingerprint density at radius 1 is 1.16 bits per heavy atom. The molecule has 4 N–H and O–H groups in total. The quantitative estimate of drug-likeness (QED) is 0.311. The zero-order chi connectivity index (χ0) is 18.1. The Bertz CT molecular complexity index is 589. The van der Waals surface area contributed by atoms with E-state index >= 15 is 0 Å². The largest absolute Gasteiger partial charge is 0.352 e. The van der Waals surface area contributed by atoms with Crippen molar-refractivity contribution in [3.05, 3.63) is 34.9 Å². The molecule has 0 radical (unpaired) electrons. The highest BCUT2D eigenvalue weighted by Gasteiger charge is 2.25. The number of unbranched alkanes of at least 4 members (excludes halogenated alkanes) is 1. The van der Waals surface area contributed by atoms with Crippen LogP contribution in [-0.2, 0) is 17.6 Å². The highest BCUT2D eigenvalue weighted by Crippen LogP contribution is 2.26. The molecule has 6 heteroatoms. The fraction of sp³-hybridized carbons (Fsp3) is 0.579. The molecule has 1 aromatic rings. The molecule has 1 aromatic carbocycles. The van der Waals surface area contributed by atoms with Gasteiger partial charge in [-0.05, 0) is 68.5 Å². The van der Waals surface area contributed by atoms with Crippen molar-refractivity contribution >= 4 is 11.8 Å². The van der Waals surface area contributed by atoms with Crippen LogP contribution in [0.25, 0.3) is 0 Å². The molecule has 6 nitrogen and oxygen atoms in total. The smallest absolute Gasteiger partial charge is 0.251 e. The van der Waals surface area contributed by atoms with Crippen LogP contribution in [0.1, 0.15) is 54.1 Å². The van der Waals surface area contributed by atoms with Crippen molar-refractivity contribution in [2.24, 2.45) is 5.92 Å². The minimum Gasteiger partial charge on any atom is -0.352 e. The lowest BCUT2D eigenvalue weighted by Crippen LogP contribution is -2.32. The molecule has 1 unspecified atom stereocenters. The first-order valence-electron chi connectivity index (χ1n) is 9.20. The maximum absolute atomic E-state index is 12.3. The highest BCUT2D eigenvalue weighted by atomic mass is 16.5. The molecule has 1 aliphatic rings. The van der Waals surface area contributed by atoms with E-state index < -0.39 is 0 Å². The van der Waals surface area contributed by atoms with Gasteiger partial charge in [0.25, 0.3) is 5.91 Å². The van der Waals surface area contributed by atoms with Gasteiger partial charge in [-0.1, -0.05) is 19.4 Å². The predicted molar refractivity (Wildman–Crippen MR) is 96.6 cm³/mol. The van der Waals surface area contributed by atoms with Crippen LogP contribution in [0.3, 0.4) is 0 Å².